The standard InChI is InChI=1S/C19H15NO4/c21-17(11-18(22)19(23)24)15-7-6-14-8-9-20(16(14)10-15)12-13-4-2-1-3-5-13/h1-10H,11-12H2,(H,23,24). The van der Waals surface area contributed by atoms with Gasteiger partial charge in [-0.15, -0.1) is 0 Å². The zero-order valence-corrected chi connectivity index (χ0v) is 12.8. The molecule has 0 saturated carbocycles. The van der Waals surface area contributed by atoms with Crippen LogP contribution in [0.1, 0.15) is 22.3 Å². The van der Waals surface area contributed by atoms with E-state index in [1.165, 1.54) is 0 Å². The number of carbonyl (C=O) groups excluding carboxylic acids is 2. The van der Waals surface area contributed by atoms with Crippen LogP contribution < -0.4 is 0 Å². The molecule has 1 heterocycles. The van der Waals surface area contributed by atoms with E-state index in [2.05, 4.69) is 0 Å². The van der Waals surface area contributed by atoms with Crippen molar-refractivity contribution in [1.29, 1.82) is 0 Å². The smallest absolute Gasteiger partial charge is 0.372 e. The number of aliphatic carboxylic acids is 1. The van der Waals surface area contributed by atoms with Gasteiger partial charge in [-0.3, -0.25) is 9.59 Å². The van der Waals surface area contributed by atoms with E-state index in [0.717, 1.165) is 16.5 Å². The lowest BCUT2D eigenvalue weighted by molar-refractivity contribution is -0.148. The molecule has 5 heteroatoms. The number of carboxylic acid groups (broad SMARTS) is 1. The van der Waals surface area contributed by atoms with Gasteiger partial charge in [0.1, 0.15) is 0 Å². The number of carboxylic acids is 1. The van der Waals surface area contributed by atoms with Crippen LogP contribution >= 0.6 is 0 Å². The molecule has 3 aromatic rings. The van der Waals surface area contributed by atoms with Gasteiger partial charge in [-0.2, -0.15) is 0 Å². The Morgan fingerprint density at radius 1 is 0.958 bits per heavy atom. The van der Waals surface area contributed by atoms with E-state index in [-0.39, 0.29) is 0 Å². The Kier molecular flexibility index (Phi) is 4.24. The quantitative estimate of drug-likeness (QED) is 0.430. The van der Waals surface area contributed by atoms with Gasteiger partial charge in [0.05, 0.1) is 6.42 Å². The molecule has 0 spiro atoms. The number of hydrogen-bond acceptors (Lipinski definition) is 3. The average Bonchev–Trinajstić information content (AvgIpc) is 2.98. The number of aromatic nitrogens is 1. The number of rotatable bonds is 6. The first kappa shape index (κ1) is 15.7. The zero-order valence-electron chi connectivity index (χ0n) is 12.8. The number of fused-ring (bicyclic) bond motifs is 1. The molecule has 3 rings (SSSR count). The summed E-state index contributed by atoms with van der Waals surface area (Å²) in [5.74, 6) is -3.17. The molecule has 120 valence electrons. The summed E-state index contributed by atoms with van der Waals surface area (Å²) in [6, 6.07) is 17.0. The molecule has 1 aromatic heterocycles. The molecule has 2 aromatic carbocycles. The highest BCUT2D eigenvalue weighted by Crippen LogP contribution is 2.20. The van der Waals surface area contributed by atoms with Gasteiger partial charge in [0.15, 0.2) is 5.78 Å². The average molecular weight is 321 g/mol. The Balaban J connectivity index is 1.90. The third-order valence-electron chi connectivity index (χ3n) is 3.85. The minimum atomic E-state index is -1.59. The minimum absolute atomic E-state index is 0.338. The van der Waals surface area contributed by atoms with E-state index in [0.29, 0.717) is 12.1 Å². The molecule has 1 N–H and O–H groups in total. The van der Waals surface area contributed by atoms with Crippen LogP contribution in [0.5, 0.6) is 0 Å². The van der Waals surface area contributed by atoms with Crippen molar-refractivity contribution in [2.45, 2.75) is 13.0 Å². The van der Waals surface area contributed by atoms with Gasteiger partial charge in [0.2, 0.25) is 5.78 Å². The molecule has 0 atom stereocenters. The third-order valence-corrected chi connectivity index (χ3v) is 3.85. The van der Waals surface area contributed by atoms with E-state index in [4.69, 9.17) is 5.11 Å². The topological polar surface area (TPSA) is 76.4 Å². The molecule has 0 amide bonds. The Morgan fingerprint density at radius 3 is 2.42 bits per heavy atom. The molecular weight excluding hydrogens is 306 g/mol. The second-order valence-electron chi connectivity index (χ2n) is 5.53. The maximum absolute atomic E-state index is 12.1. The lowest BCUT2D eigenvalue weighted by atomic mass is 10.0. The van der Waals surface area contributed by atoms with Crippen molar-refractivity contribution in [1.82, 2.24) is 4.57 Å². The van der Waals surface area contributed by atoms with Crippen LogP contribution in [-0.2, 0) is 16.1 Å². The summed E-state index contributed by atoms with van der Waals surface area (Å²) in [5.41, 5.74) is 2.34. The molecule has 0 fully saturated rings. The SMILES string of the molecule is O=C(O)C(=O)CC(=O)c1ccc2ccn(Cc3ccccc3)c2c1. The van der Waals surface area contributed by atoms with Crippen LogP contribution in [0.2, 0.25) is 0 Å². The number of benzene rings is 2. The Bertz CT molecular complexity index is 925. The van der Waals surface area contributed by atoms with E-state index < -0.39 is 24.0 Å². The number of hydrogen-bond donors (Lipinski definition) is 1. The fraction of sp³-hybridized carbons (Fsp3) is 0.105. The summed E-state index contributed by atoms with van der Waals surface area (Å²) in [6.07, 6.45) is 1.31. The van der Waals surface area contributed by atoms with Crippen LogP contribution in [0.25, 0.3) is 10.9 Å². The van der Waals surface area contributed by atoms with Crippen molar-refractivity contribution in [2.24, 2.45) is 0 Å². The fourth-order valence-corrected chi connectivity index (χ4v) is 2.60. The van der Waals surface area contributed by atoms with E-state index >= 15 is 0 Å². The minimum Gasteiger partial charge on any atom is -0.475 e. The largest absolute Gasteiger partial charge is 0.475 e. The molecule has 0 aliphatic heterocycles. The lowest BCUT2D eigenvalue weighted by Gasteiger charge is -2.07. The normalized spacial score (nSPS) is 10.7. The second kappa shape index (κ2) is 6.50. The maximum Gasteiger partial charge on any atom is 0.372 e. The van der Waals surface area contributed by atoms with Crippen molar-refractivity contribution < 1.29 is 19.5 Å². The summed E-state index contributed by atoms with van der Waals surface area (Å²) < 4.78 is 2.01. The van der Waals surface area contributed by atoms with Crippen LogP contribution in [0.15, 0.2) is 60.8 Å². The van der Waals surface area contributed by atoms with Crippen molar-refractivity contribution in [3.63, 3.8) is 0 Å². The molecule has 0 bridgehead atoms. The highest BCUT2D eigenvalue weighted by molar-refractivity contribution is 6.37. The molecule has 5 nitrogen and oxygen atoms in total. The summed E-state index contributed by atoms with van der Waals surface area (Å²) in [5, 5.41) is 9.60. The number of Topliss-reactive ketones (excluding diaryl/α,β-unsaturated/α-hetero) is 2. The summed E-state index contributed by atoms with van der Waals surface area (Å²) in [4.78, 5) is 33.9. The highest BCUT2D eigenvalue weighted by atomic mass is 16.4. The van der Waals surface area contributed by atoms with Gasteiger partial charge in [-0.05, 0) is 23.1 Å². The van der Waals surface area contributed by atoms with E-state index in [1.807, 2.05) is 47.2 Å². The highest BCUT2D eigenvalue weighted by Gasteiger charge is 2.18. The maximum atomic E-state index is 12.1. The first-order chi connectivity index (χ1) is 11.5. The monoisotopic (exact) mass is 321 g/mol. The van der Waals surface area contributed by atoms with Gasteiger partial charge < -0.3 is 9.67 Å². The van der Waals surface area contributed by atoms with Crippen LogP contribution in [0.4, 0.5) is 0 Å². The first-order valence-electron chi connectivity index (χ1n) is 7.47. The third kappa shape index (κ3) is 3.25. The first-order valence-corrected chi connectivity index (χ1v) is 7.47. The fourth-order valence-electron chi connectivity index (χ4n) is 2.60. The van der Waals surface area contributed by atoms with Crippen LogP contribution in [0, 0.1) is 0 Å². The predicted molar refractivity (Wildman–Crippen MR) is 89.1 cm³/mol. The van der Waals surface area contributed by atoms with Crippen molar-refractivity contribution in [3.05, 3.63) is 71.9 Å². The molecule has 0 radical (unpaired) electrons. The Morgan fingerprint density at radius 2 is 1.71 bits per heavy atom. The van der Waals surface area contributed by atoms with E-state index in [9.17, 15) is 14.4 Å². The molecular formula is C19H15NO4. The zero-order chi connectivity index (χ0) is 17.1. The van der Waals surface area contributed by atoms with Crippen molar-refractivity contribution in [3.8, 4) is 0 Å². The number of nitrogens with zero attached hydrogens (tertiary/aromatic N) is 1. The summed E-state index contributed by atoms with van der Waals surface area (Å²) >= 11 is 0. The number of carbonyl (C=O) groups is 3. The van der Waals surface area contributed by atoms with Gasteiger partial charge >= 0.3 is 5.97 Å². The summed E-state index contributed by atoms with van der Waals surface area (Å²) in [6.45, 7) is 0.663. The van der Waals surface area contributed by atoms with Gasteiger partial charge in [0, 0.05) is 23.8 Å². The predicted octanol–water partition coefficient (Wildman–Crippen LogP) is 2.92. The molecule has 0 aliphatic carbocycles. The molecule has 0 aliphatic rings. The van der Waals surface area contributed by atoms with Crippen molar-refractivity contribution in [2.75, 3.05) is 0 Å². The van der Waals surface area contributed by atoms with Gasteiger partial charge in [-0.1, -0.05) is 42.5 Å². The molecule has 0 saturated heterocycles. The Hall–Kier alpha value is -3.21. The van der Waals surface area contributed by atoms with Crippen molar-refractivity contribution >= 4 is 28.4 Å². The van der Waals surface area contributed by atoms with Gasteiger partial charge in [0.25, 0.3) is 0 Å². The Labute approximate surface area is 138 Å². The summed E-state index contributed by atoms with van der Waals surface area (Å²) in [7, 11) is 0. The van der Waals surface area contributed by atoms with Crippen LogP contribution in [-0.4, -0.2) is 27.2 Å². The lowest BCUT2D eigenvalue weighted by Crippen LogP contribution is -2.17. The number of ketones is 2. The van der Waals surface area contributed by atoms with E-state index in [1.54, 1.807) is 18.2 Å². The van der Waals surface area contributed by atoms with Gasteiger partial charge in [-0.25, -0.2) is 4.79 Å². The molecule has 24 heavy (non-hydrogen) atoms. The molecule has 0 unspecified atom stereocenters. The second-order valence-corrected chi connectivity index (χ2v) is 5.53. The van der Waals surface area contributed by atoms with Crippen LogP contribution in [0.3, 0.4) is 0 Å².